The van der Waals surface area contributed by atoms with Gasteiger partial charge in [-0.25, -0.2) is 9.97 Å². The molecule has 3 heterocycles. The SMILES string of the molecule is Cc1cnc(Nc2ccc(OCCN3CCCC3)cc2)nc1-c1cc(C)c(CO)s1. The predicted molar refractivity (Wildman–Crippen MR) is 122 cm³/mol. The van der Waals surface area contributed by atoms with Crippen LogP contribution in [0.2, 0.25) is 0 Å². The smallest absolute Gasteiger partial charge is 0.227 e. The number of anilines is 2. The highest BCUT2D eigenvalue weighted by atomic mass is 32.1. The maximum absolute atomic E-state index is 9.48. The third kappa shape index (κ3) is 4.98. The molecule has 2 N–H and O–H groups in total. The molecule has 7 heteroatoms. The van der Waals surface area contributed by atoms with Crippen molar-refractivity contribution in [1.82, 2.24) is 14.9 Å². The molecule has 6 nitrogen and oxygen atoms in total. The fourth-order valence-corrected chi connectivity index (χ4v) is 4.70. The van der Waals surface area contributed by atoms with Crippen molar-refractivity contribution in [1.29, 1.82) is 0 Å². The monoisotopic (exact) mass is 424 g/mol. The second-order valence-corrected chi connectivity index (χ2v) is 8.78. The van der Waals surface area contributed by atoms with Crippen LogP contribution in [-0.4, -0.2) is 46.2 Å². The van der Waals surface area contributed by atoms with E-state index in [-0.39, 0.29) is 6.61 Å². The molecule has 0 saturated carbocycles. The molecule has 1 aromatic carbocycles. The molecule has 0 spiro atoms. The van der Waals surface area contributed by atoms with E-state index in [1.54, 1.807) is 11.3 Å². The van der Waals surface area contributed by atoms with E-state index in [4.69, 9.17) is 9.72 Å². The molecule has 0 atom stereocenters. The van der Waals surface area contributed by atoms with Crippen molar-refractivity contribution in [3.8, 4) is 16.3 Å². The summed E-state index contributed by atoms with van der Waals surface area (Å²) in [6.45, 7) is 8.15. The van der Waals surface area contributed by atoms with E-state index in [0.717, 1.165) is 44.6 Å². The molecule has 1 aliphatic heterocycles. The topological polar surface area (TPSA) is 70.5 Å². The Bertz CT molecular complexity index is 981. The van der Waals surface area contributed by atoms with Crippen molar-refractivity contribution in [3.63, 3.8) is 0 Å². The normalized spacial score (nSPS) is 14.2. The van der Waals surface area contributed by atoms with E-state index in [1.807, 2.05) is 44.3 Å². The van der Waals surface area contributed by atoms with Gasteiger partial charge in [-0.15, -0.1) is 11.3 Å². The van der Waals surface area contributed by atoms with Gasteiger partial charge in [0.15, 0.2) is 0 Å². The Kier molecular flexibility index (Phi) is 6.62. The predicted octanol–water partition coefficient (Wildman–Crippen LogP) is 4.53. The van der Waals surface area contributed by atoms with Crippen LogP contribution in [0.25, 0.3) is 10.6 Å². The van der Waals surface area contributed by atoms with E-state index in [9.17, 15) is 5.11 Å². The van der Waals surface area contributed by atoms with Crippen molar-refractivity contribution < 1.29 is 9.84 Å². The van der Waals surface area contributed by atoms with E-state index < -0.39 is 0 Å². The van der Waals surface area contributed by atoms with Crippen molar-refractivity contribution in [2.75, 3.05) is 31.6 Å². The van der Waals surface area contributed by atoms with Gasteiger partial charge < -0.3 is 15.2 Å². The van der Waals surface area contributed by atoms with Crippen LogP contribution in [0.4, 0.5) is 11.6 Å². The van der Waals surface area contributed by atoms with Gasteiger partial charge in [-0.2, -0.15) is 0 Å². The maximum Gasteiger partial charge on any atom is 0.227 e. The molecular weight excluding hydrogens is 396 g/mol. The minimum atomic E-state index is 0.0538. The second-order valence-electron chi connectivity index (χ2n) is 7.65. The van der Waals surface area contributed by atoms with Crippen molar-refractivity contribution in [2.24, 2.45) is 0 Å². The van der Waals surface area contributed by atoms with Crippen LogP contribution in [0.15, 0.2) is 36.5 Å². The van der Waals surface area contributed by atoms with Crippen LogP contribution in [0.3, 0.4) is 0 Å². The largest absolute Gasteiger partial charge is 0.492 e. The summed E-state index contributed by atoms with van der Waals surface area (Å²) in [6.07, 6.45) is 4.43. The van der Waals surface area contributed by atoms with Gasteiger partial charge in [0.1, 0.15) is 12.4 Å². The van der Waals surface area contributed by atoms with Crippen LogP contribution >= 0.6 is 11.3 Å². The van der Waals surface area contributed by atoms with Gasteiger partial charge in [0.05, 0.1) is 17.2 Å². The van der Waals surface area contributed by atoms with Crippen LogP contribution < -0.4 is 10.1 Å². The molecule has 0 unspecified atom stereocenters. The number of likely N-dealkylation sites (tertiary alicyclic amines) is 1. The molecule has 0 aliphatic carbocycles. The lowest BCUT2D eigenvalue weighted by Gasteiger charge is -2.15. The lowest BCUT2D eigenvalue weighted by atomic mass is 10.2. The Balaban J connectivity index is 1.40. The van der Waals surface area contributed by atoms with Gasteiger partial charge in [0, 0.05) is 23.3 Å². The first-order valence-corrected chi connectivity index (χ1v) is 11.2. The molecule has 1 aliphatic rings. The van der Waals surface area contributed by atoms with Crippen LogP contribution in [0, 0.1) is 13.8 Å². The summed E-state index contributed by atoms with van der Waals surface area (Å²) >= 11 is 1.57. The highest BCUT2D eigenvalue weighted by Gasteiger charge is 2.13. The zero-order valence-electron chi connectivity index (χ0n) is 17.5. The van der Waals surface area contributed by atoms with E-state index >= 15 is 0 Å². The number of benzene rings is 1. The van der Waals surface area contributed by atoms with E-state index in [1.165, 1.54) is 25.9 Å². The first-order valence-electron chi connectivity index (χ1n) is 10.4. The summed E-state index contributed by atoms with van der Waals surface area (Å²) in [5.41, 5.74) is 3.90. The average Bonchev–Trinajstić information content (AvgIpc) is 3.40. The van der Waals surface area contributed by atoms with Gasteiger partial charge in [0.2, 0.25) is 5.95 Å². The Labute approximate surface area is 181 Å². The highest BCUT2D eigenvalue weighted by molar-refractivity contribution is 7.15. The molecule has 1 saturated heterocycles. The molecule has 1 fully saturated rings. The number of nitrogens with one attached hydrogen (secondary N) is 1. The molecule has 0 bridgehead atoms. The van der Waals surface area contributed by atoms with Gasteiger partial charge in [-0.05, 0) is 81.2 Å². The van der Waals surface area contributed by atoms with Gasteiger partial charge in [0.25, 0.3) is 0 Å². The molecule has 0 radical (unpaired) electrons. The number of aliphatic hydroxyl groups is 1. The summed E-state index contributed by atoms with van der Waals surface area (Å²) in [4.78, 5) is 13.6. The highest BCUT2D eigenvalue weighted by Crippen LogP contribution is 2.32. The number of aromatic nitrogens is 2. The second kappa shape index (κ2) is 9.55. The van der Waals surface area contributed by atoms with Crippen LogP contribution in [0.5, 0.6) is 5.75 Å². The number of aryl methyl sites for hydroxylation is 2. The summed E-state index contributed by atoms with van der Waals surface area (Å²) < 4.78 is 5.87. The number of nitrogens with zero attached hydrogens (tertiary/aromatic N) is 3. The maximum atomic E-state index is 9.48. The molecule has 3 aromatic rings. The number of rotatable bonds is 8. The number of hydrogen-bond donors (Lipinski definition) is 2. The third-order valence-corrected chi connectivity index (χ3v) is 6.58. The van der Waals surface area contributed by atoms with Crippen molar-refractivity contribution >= 4 is 23.0 Å². The van der Waals surface area contributed by atoms with Gasteiger partial charge >= 0.3 is 0 Å². The number of hydrogen-bond acceptors (Lipinski definition) is 7. The zero-order valence-corrected chi connectivity index (χ0v) is 18.3. The number of thiophene rings is 1. The lowest BCUT2D eigenvalue weighted by molar-refractivity contribution is 0.238. The lowest BCUT2D eigenvalue weighted by Crippen LogP contribution is -2.25. The Morgan fingerprint density at radius 1 is 1.13 bits per heavy atom. The zero-order chi connectivity index (χ0) is 20.9. The summed E-state index contributed by atoms with van der Waals surface area (Å²) in [7, 11) is 0. The molecule has 2 aromatic heterocycles. The number of aliphatic hydroxyl groups excluding tert-OH is 1. The first-order chi connectivity index (χ1) is 14.6. The summed E-state index contributed by atoms with van der Waals surface area (Å²) in [6, 6.07) is 9.97. The quantitative estimate of drug-likeness (QED) is 0.554. The Hall–Kier alpha value is -2.48. The molecule has 4 rings (SSSR count). The summed E-state index contributed by atoms with van der Waals surface area (Å²) in [5, 5.41) is 12.8. The standard InChI is InChI=1S/C23H28N4O2S/c1-16-13-20(30-21(16)15-28)22-17(2)14-24-23(26-22)25-18-5-7-19(8-6-18)29-12-11-27-9-3-4-10-27/h5-8,13-14,28H,3-4,9-12,15H2,1-2H3,(H,24,25,26). The average molecular weight is 425 g/mol. The minimum Gasteiger partial charge on any atom is -0.492 e. The Morgan fingerprint density at radius 3 is 2.60 bits per heavy atom. The third-order valence-electron chi connectivity index (χ3n) is 5.35. The molecular formula is C23H28N4O2S. The Morgan fingerprint density at radius 2 is 1.90 bits per heavy atom. The van der Waals surface area contributed by atoms with Crippen molar-refractivity contribution in [3.05, 3.63) is 52.5 Å². The van der Waals surface area contributed by atoms with Gasteiger partial charge in [-0.1, -0.05) is 0 Å². The van der Waals surface area contributed by atoms with Gasteiger partial charge in [-0.3, -0.25) is 4.90 Å². The number of ether oxygens (including phenoxy) is 1. The molecule has 30 heavy (non-hydrogen) atoms. The first kappa shape index (κ1) is 20.8. The van der Waals surface area contributed by atoms with Crippen molar-refractivity contribution in [2.45, 2.75) is 33.3 Å². The molecule has 158 valence electrons. The fraction of sp³-hybridized carbons (Fsp3) is 0.391. The summed E-state index contributed by atoms with van der Waals surface area (Å²) in [5.74, 6) is 1.42. The van der Waals surface area contributed by atoms with Crippen LogP contribution in [0.1, 0.15) is 28.8 Å². The fourth-order valence-electron chi connectivity index (χ4n) is 3.61. The molecule has 0 amide bonds. The minimum absolute atomic E-state index is 0.0538. The van der Waals surface area contributed by atoms with Crippen LogP contribution in [-0.2, 0) is 6.61 Å². The van der Waals surface area contributed by atoms with E-state index in [2.05, 4.69) is 21.3 Å². The van der Waals surface area contributed by atoms with E-state index in [0.29, 0.717) is 12.6 Å².